The number of amides is 3. The van der Waals surface area contributed by atoms with Crippen LogP contribution < -0.4 is 20.3 Å². The van der Waals surface area contributed by atoms with Crippen molar-refractivity contribution >= 4 is 23.4 Å². The highest BCUT2D eigenvalue weighted by molar-refractivity contribution is 5.98. The highest BCUT2D eigenvalue weighted by atomic mass is 19.2. The summed E-state index contributed by atoms with van der Waals surface area (Å²) in [5, 5.41) is 4.88. The number of likely N-dealkylation sites (N-methyl/N-ethyl adjacent to an activating group) is 1. The van der Waals surface area contributed by atoms with Crippen molar-refractivity contribution in [3.05, 3.63) is 59.7 Å². The quantitative estimate of drug-likeness (QED) is 0.768. The van der Waals surface area contributed by atoms with Gasteiger partial charge in [0.2, 0.25) is 11.8 Å². The lowest BCUT2D eigenvalue weighted by molar-refractivity contribution is -0.129. The molecular formula is C20H19F2N3O4. The Bertz CT molecular complexity index is 951. The van der Waals surface area contributed by atoms with Gasteiger partial charge >= 0.3 is 0 Å². The van der Waals surface area contributed by atoms with Gasteiger partial charge in [-0.15, -0.1) is 0 Å². The zero-order valence-corrected chi connectivity index (χ0v) is 15.6. The Hall–Kier alpha value is -3.49. The molecule has 1 unspecified atom stereocenters. The van der Waals surface area contributed by atoms with Crippen molar-refractivity contribution in [2.75, 3.05) is 25.1 Å². The topological polar surface area (TPSA) is 87.7 Å². The van der Waals surface area contributed by atoms with Gasteiger partial charge in [0.05, 0.1) is 5.69 Å². The van der Waals surface area contributed by atoms with E-state index in [1.165, 1.54) is 18.0 Å². The normalized spacial score (nSPS) is 13.9. The van der Waals surface area contributed by atoms with Crippen LogP contribution in [0.3, 0.4) is 0 Å². The van der Waals surface area contributed by atoms with Crippen molar-refractivity contribution in [1.29, 1.82) is 0 Å². The Kier molecular flexibility index (Phi) is 6.06. The van der Waals surface area contributed by atoms with Crippen molar-refractivity contribution in [2.24, 2.45) is 0 Å². The maximum atomic E-state index is 13.5. The molecular weight excluding hydrogens is 384 g/mol. The number of carbonyl (C=O) groups is 3. The van der Waals surface area contributed by atoms with Gasteiger partial charge in [0.1, 0.15) is 11.8 Å². The number of anilines is 1. The van der Waals surface area contributed by atoms with E-state index in [1.807, 2.05) is 0 Å². The summed E-state index contributed by atoms with van der Waals surface area (Å²) in [6.07, 6.45) is -0.1000. The van der Waals surface area contributed by atoms with E-state index in [-0.39, 0.29) is 31.0 Å². The van der Waals surface area contributed by atoms with Crippen LogP contribution >= 0.6 is 0 Å². The summed E-state index contributed by atoms with van der Waals surface area (Å²) in [5.41, 5.74) is 0.657. The van der Waals surface area contributed by atoms with E-state index in [2.05, 4.69) is 10.6 Å². The fraction of sp³-hybridized carbons (Fsp3) is 0.250. The molecule has 1 aliphatic rings. The van der Waals surface area contributed by atoms with Crippen molar-refractivity contribution < 1.29 is 27.9 Å². The average Bonchev–Trinajstić information content (AvgIpc) is 2.72. The molecule has 1 aliphatic heterocycles. The zero-order chi connectivity index (χ0) is 21.0. The van der Waals surface area contributed by atoms with Crippen LogP contribution in [-0.4, -0.2) is 37.9 Å². The molecule has 0 radical (unpaired) electrons. The lowest BCUT2D eigenvalue weighted by Crippen LogP contribution is -2.43. The van der Waals surface area contributed by atoms with Gasteiger partial charge in [-0.2, -0.15) is 0 Å². The molecule has 3 amide bonds. The second-order valence-corrected chi connectivity index (χ2v) is 6.34. The van der Waals surface area contributed by atoms with Crippen molar-refractivity contribution in [2.45, 2.75) is 12.5 Å². The predicted octanol–water partition coefficient (Wildman–Crippen LogP) is 1.68. The molecule has 1 heterocycles. The van der Waals surface area contributed by atoms with Gasteiger partial charge in [-0.25, -0.2) is 8.78 Å². The van der Waals surface area contributed by atoms with Crippen molar-refractivity contribution in [1.82, 2.24) is 10.6 Å². The first kappa shape index (κ1) is 20.2. The Morgan fingerprint density at radius 2 is 1.93 bits per heavy atom. The fourth-order valence-corrected chi connectivity index (χ4v) is 2.98. The molecule has 7 nitrogen and oxygen atoms in total. The number of ether oxygens (including phenoxy) is 1. The zero-order valence-electron chi connectivity index (χ0n) is 15.6. The number of para-hydroxylation sites is 2. The van der Waals surface area contributed by atoms with Gasteiger partial charge in [0.25, 0.3) is 5.91 Å². The predicted molar refractivity (Wildman–Crippen MR) is 100 cm³/mol. The maximum absolute atomic E-state index is 13.5. The number of nitrogens with one attached hydrogen (secondary N) is 2. The van der Waals surface area contributed by atoms with Crippen LogP contribution in [0.15, 0.2) is 42.5 Å². The Morgan fingerprint density at radius 3 is 2.66 bits per heavy atom. The third-order valence-corrected chi connectivity index (χ3v) is 4.46. The van der Waals surface area contributed by atoms with Gasteiger partial charge < -0.3 is 20.3 Å². The van der Waals surface area contributed by atoms with Crippen molar-refractivity contribution in [3.63, 3.8) is 0 Å². The molecule has 0 saturated heterocycles. The highest BCUT2D eigenvalue weighted by Crippen LogP contribution is 2.31. The number of hydrogen-bond acceptors (Lipinski definition) is 4. The van der Waals surface area contributed by atoms with E-state index >= 15 is 0 Å². The van der Waals surface area contributed by atoms with E-state index in [4.69, 9.17) is 4.74 Å². The summed E-state index contributed by atoms with van der Waals surface area (Å²) < 4.78 is 32.1. The maximum Gasteiger partial charge on any atom is 0.265 e. The number of carbonyl (C=O) groups excluding carboxylic acids is 3. The van der Waals surface area contributed by atoms with Crippen LogP contribution in [0.5, 0.6) is 5.75 Å². The third kappa shape index (κ3) is 4.50. The second kappa shape index (κ2) is 8.68. The van der Waals surface area contributed by atoms with Crippen LogP contribution in [0, 0.1) is 11.6 Å². The number of nitrogens with zero attached hydrogens (tertiary/aromatic N) is 1. The van der Waals surface area contributed by atoms with Gasteiger partial charge in [0.15, 0.2) is 18.2 Å². The van der Waals surface area contributed by atoms with Gasteiger partial charge in [0, 0.05) is 20.0 Å². The molecule has 9 heteroatoms. The summed E-state index contributed by atoms with van der Waals surface area (Å²) in [7, 11) is 1.37. The smallest absolute Gasteiger partial charge is 0.265 e. The Balaban J connectivity index is 1.70. The minimum Gasteiger partial charge on any atom is -0.482 e. The van der Waals surface area contributed by atoms with E-state index in [1.54, 1.807) is 24.3 Å². The summed E-state index contributed by atoms with van der Waals surface area (Å²) in [6.45, 7) is -0.0579. The average molecular weight is 403 g/mol. The molecule has 0 fully saturated rings. The van der Waals surface area contributed by atoms with Gasteiger partial charge in [-0.3, -0.25) is 14.4 Å². The molecule has 1 atom stereocenters. The number of halogens is 2. The first-order chi connectivity index (χ1) is 13.9. The third-order valence-electron chi connectivity index (χ3n) is 4.46. The molecule has 2 aromatic carbocycles. The highest BCUT2D eigenvalue weighted by Gasteiger charge is 2.27. The number of fused-ring (bicyclic) bond motifs is 1. The van der Waals surface area contributed by atoms with Crippen LogP contribution in [0.1, 0.15) is 18.0 Å². The van der Waals surface area contributed by atoms with E-state index < -0.39 is 29.5 Å². The van der Waals surface area contributed by atoms with Crippen LogP contribution in [0.4, 0.5) is 14.5 Å². The van der Waals surface area contributed by atoms with Crippen LogP contribution in [0.2, 0.25) is 0 Å². The molecule has 2 aromatic rings. The summed E-state index contributed by atoms with van der Waals surface area (Å²) in [6, 6.07) is 8.72. The largest absolute Gasteiger partial charge is 0.482 e. The van der Waals surface area contributed by atoms with Gasteiger partial charge in [-0.05, 0) is 29.8 Å². The lowest BCUT2D eigenvalue weighted by Gasteiger charge is -2.29. The lowest BCUT2D eigenvalue weighted by atomic mass is 10.1. The summed E-state index contributed by atoms with van der Waals surface area (Å²) in [5.74, 6) is -3.05. The van der Waals surface area contributed by atoms with Crippen LogP contribution in [-0.2, 0) is 14.4 Å². The SMILES string of the molecule is CNC(=O)C(NC(=O)CCN1C(=O)COc2ccccc21)c1ccc(F)c(F)c1. The minimum absolute atomic E-state index is 0.0727. The van der Waals surface area contributed by atoms with Gasteiger partial charge in [-0.1, -0.05) is 18.2 Å². The van der Waals surface area contributed by atoms with E-state index in [0.717, 1.165) is 12.1 Å². The molecule has 3 rings (SSSR count). The second-order valence-electron chi connectivity index (χ2n) is 6.34. The molecule has 0 aromatic heterocycles. The standard InChI is InChI=1S/C20H19F2N3O4/c1-23-20(28)19(12-6-7-13(21)14(22)10-12)24-17(26)8-9-25-15-4-2-3-5-16(15)29-11-18(25)27/h2-7,10,19H,8-9,11H2,1H3,(H,23,28)(H,24,26). The molecule has 29 heavy (non-hydrogen) atoms. The van der Waals surface area contributed by atoms with Crippen LogP contribution in [0.25, 0.3) is 0 Å². The van der Waals surface area contributed by atoms with Crippen molar-refractivity contribution in [3.8, 4) is 5.75 Å². The summed E-state index contributed by atoms with van der Waals surface area (Å²) >= 11 is 0. The molecule has 2 N–H and O–H groups in total. The molecule has 0 aliphatic carbocycles. The molecule has 0 bridgehead atoms. The molecule has 0 spiro atoms. The minimum atomic E-state index is -1.20. The first-order valence-electron chi connectivity index (χ1n) is 8.89. The Morgan fingerprint density at radius 1 is 1.17 bits per heavy atom. The number of benzene rings is 2. The molecule has 0 saturated carbocycles. The fourth-order valence-electron chi connectivity index (χ4n) is 2.98. The van der Waals surface area contributed by atoms with E-state index in [0.29, 0.717) is 11.4 Å². The Labute approximate surface area is 165 Å². The monoisotopic (exact) mass is 403 g/mol. The van der Waals surface area contributed by atoms with E-state index in [9.17, 15) is 23.2 Å². The number of hydrogen-bond donors (Lipinski definition) is 2. The summed E-state index contributed by atoms with van der Waals surface area (Å²) in [4.78, 5) is 38.2. The first-order valence-corrected chi connectivity index (χ1v) is 8.89. The number of rotatable bonds is 6. The molecule has 152 valence electrons.